The molecule has 1 heterocycles. The summed E-state index contributed by atoms with van der Waals surface area (Å²) in [5.41, 5.74) is 1.61. The smallest absolute Gasteiger partial charge is 0.144 e. The van der Waals surface area contributed by atoms with Gasteiger partial charge in [0.25, 0.3) is 0 Å². The van der Waals surface area contributed by atoms with Crippen LogP contribution in [0.25, 0.3) is 0 Å². The molecule has 0 atom stereocenters. The molecule has 1 aliphatic carbocycles. The molecule has 17 heavy (non-hydrogen) atoms. The van der Waals surface area contributed by atoms with Crippen molar-refractivity contribution in [2.75, 3.05) is 11.9 Å². The minimum atomic E-state index is 0.368. The Morgan fingerprint density at radius 1 is 1.59 bits per heavy atom. The summed E-state index contributed by atoms with van der Waals surface area (Å²) in [6, 6.07) is 4.43. The zero-order valence-electron chi connectivity index (χ0n) is 10.2. The zero-order chi connectivity index (χ0) is 12.3. The summed E-state index contributed by atoms with van der Waals surface area (Å²) >= 11 is 0. The average molecular weight is 231 g/mol. The van der Waals surface area contributed by atoms with E-state index in [-0.39, 0.29) is 0 Å². The van der Waals surface area contributed by atoms with E-state index in [0.717, 1.165) is 25.0 Å². The molecule has 4 nitrogen and oxygen atoms in total. The van der Waals surface area contributed by atoms with Gasteiger partial charge >= 0.3 is 0 Å². The lowest BCUT2D eigenvalue weighted by atomic mass is 9.89. The van der Waals surface area contributed by atoms with Gasteiger partial charge in [-0.2, -0.15) is 5.26 Å². The maximum Gasteiger partial charge on any atom is 0.144 e. The largest absolute Gasteiger partial charge is 0.378 e. The van der Waals surface area contributed by atoms with Gasteiger partial charge in [-0.15, -0.1) is 0 Å². The van der Waals surface area contributed by atoms with Crippen molar-refractivity contribution in [1.82, 2.24) is 4.98 Å². The fourth-order valence-corrected chi connectivity index (χ4v) is 2.06. The molecule has 2 rings (SSSR count). The number of nitrogens with one attached hydrogen (secondary N) is 1. The summed E-state index contributed by atoms with van der Waals surface area (Å²) in [7, 11) is 0. The monoisotopic (exact) mass is 231 g/mol. The third-order valence-electron chi connectivity index (χ3n) is 3.11. The van der Waals surface area contributed by atoms with Gasteiger partial charge in [-0.3, -0.25) is 0 Å². The van der Waals surface area contributed by atoms with Crippen LogP contribution in [0.3, 0.4) is 0 Å². The third kappa shape index (κ3) is 2.56. The van der Waals surface area contributed by atoms with Crippen molar-refractivity contribution in [1.29, 1.82) is 5.26 Å². The zero-order valence-corrected chi connectivity index (χ0v) is 10.2. The summed E-state index contributed by atoms with van der Waals surface area (Å²) in [4.78, 5) is 4.23. The highest BCUT2D eigenvalue weighted by Crippen LogP contribution is 2.27. The minimum absolute atomic E-state index is 0.368. The number of nitrogens with zero attached hydrogens (tertiary/aromatic N) is 2. The number of pyridine rings is 1. The molecular weight excluding hydrogens is 214 g/mol. The summed E-state index contributed by atoms with van der Waals surface area (Å²) in [5, 5.41) is 12.4. The molecule has 0 amide bonds. The summed E-state index contributed by atoms with van der Waals surface area (Å²) in [6.07, 6.45) is 4.09. The van der Waals surface area contributed by atoms with Gasteiger partial charge in [0.2, 0.25) is 0 Å². The van der Waals surface area contributed by atoms with Crippen LogP contribution in [0.5, 0.6) is 0 Å². The first-order valence-electron chi connectivity index (χ1n) is 5.98. The van der Waals surface area contributed by atoms with Crippen LogP contribution in [-0.4, -0.2) is 23.7 Å². The van der Waals surface area contributed by atoms with Gasteiger partial charge in [-0.25, -0.2) is 4.98 Å². The molecule has 1 aromatic rings. The number of aromatic nitrogens is 1. The SMILES string of the molecule is CCOC1CC(Nc2nccc(C)c2C#N)C1. The first-order chi connectivity index (χ1) is 8.24. The number of ether oxygens (including phenoxy) is 1. The van der Waals surface area contributed by atoms with Crippen molar-refractivity contribution >= 4 is 5.82 Å². The van der Waals surface area contributed by atoms with E-state index in [1.54, 1.807) is 6.20 Å². The summed E-state index contributed by atoms with van der Waals surface area (Å²) in [6.45, 7) is 4.70. The van der Waals surface area contributed by atoms with E-state index in [4.69, 9.17) is 10.00 Å². The summed E-state index contributed by atoms with van der Waals surface area (Å²) in [5.74, 6) is 0.701. The number of anilines is 1. The molecule has 0 saturated heterocycles. The van der Waals surface area contributed by atoms with E-state index in [2.05, 4.69) is 16.4 Å². The molecule has 0 spiro atoms. The Hall–Kier alpha value is -1.60. The predicted molar refractivity (Wildman–Crippen MR) is 65.7 cm³/mol. The highest BCUT2D eigenvalue weighted by molar-refractivity contribution is 5.56. The Morgan fingerprint density at radius 3 is 3.00 bits per heavy atom. The molecule has 0 bridgehead atoms. The molecule has 0 aliphatic heterocycles. The van der Waals surface area contributed by atoms with Gasteiger partial charge in [0.05, 0.1) is 11.7 Å². The van der Waals surface area contributed by atoms with Crippen LogP contribution in [0.1, 0.15) is 30.9 Å². The van der Waals surface area contributed by atoms with E-state index in [1.165, 1.54) is 0 Å². The number of rotatable bonds is 4. The van der Waals surface area contributed by atoms with Crippen LogP contribution < -0.4 is 5.32 Å². The molecular formula is C13H17N3O. The average Bonchev–Trinajstić information content (AvgIpc) is 2.26. The molecule has 90 valence electrons. The van der Waals surface area contributed by atoms with Crippen molar-refractivity contribution in [3.63, 3.8) is 0 Å². The normalized spacial score (nSPS) is 22.6. The standard InChI is InChI=1S/C13H17N3O/c1-3-17-11-6-10(7-11)16-13-12(8-14)9(2)4-5-15-13/h4-5,10-11H,3,6-7H2,1-2H3,(H,15,16). The van der Waals surface area contributed by atoms with Crippen LogP contribution in [-0.2, 0) is 4.74 Å². The van der Waals surface area contributed by atoms with E-state index in [0.29, 0.717) is 23.5 Å². The van der Waals surface area contributed by atoms with Crippen molar-refractivity contribution in [3.8, 4) is 6.07 Å². The number of hydrogen-bond donors (Lipinski definition) is 1. The number of aryl methyl sites for hydroxylation is 1. The Bertz CT molecular complexity index is 433. The molecule has 1 aromatic heterocycles. The predicted octanol–water partition coefficient (Wildman–Crippen LogP) is 2.24. The lowest BCUT2D eigenvalue weighted by Crippen LogP contribution is -2.41. The number of hydrogen-bond acceptors (Lipinski definition) is 4. The van der Waals surface area contributed by atoms with Crippen LogP contribution in [0.2, 0.25) is 0 Å². The third-order valence-corrected chi connectivity index (χ3v) is 3.11. The van der Waals surface area contributed by atoms with Gasteiger partial charge in [0.15, 0.2) is 0 Å². The fraction of sp³-hybridized carbons (Fsp3) is 0.538. The molecule has 0 unspecified atom stereocenters. The van der Waals surface area contributed by atoms with Gasteiger partial charge < -0.3 is 10.1 Å². The minimum Gasteiger partial charge on any atom is -0.378 e. The second-order valence-corrected chi connectivity index (χ2v) is 4.35. The highest BCUT2D eigenvalue weighted by Gasteiger charge is 2.30. The maximum absolute atomic E-state index is 9.08. The summed E-state index contributed by atoms with van der Waals surface area (Å²) < 4.78 is 5.50. The van der Waals surface area contributed by atoms with Crippen molar-refractivity contribution in [2.24, 2.45) is 0 Å². The molecule has 1 aliphatic rings. The second kappa shape index (κ2) is 5.15. The van der Waals surface area contributed by atoms with Gasteiger partial charge in [-0.05, 0) is 38.3 Å². The van der Waals surface area contributed by atoms with Crippen LogP contribution >= 0.6 is 0 Å². The lowest BCUT2D eigenvalue weighted by Gasteiger charge is -2.35. The van der Waals surface area contributed by atoms with Gasteiger partial charge in [0.1, 0.15) is 11.9 Å². The second-order valence-electron chi connectivity index (χ2n) is 4.35. The first kappa shape index (κ1) is 11.9. The quantitative estimate of drug-likeness (QED) is 0.863. The van der Waals surface area contributed by atoms with Crippen molar-refractivity contribution in [3.05, 3.63) is 23.4 Å². The highest BCUT2D eigenvalue weighted by atomic mass is 16.5. The number of nitriles is 1. The topological polar surface area (TPSA) is 57.9 Å². The molecule has 1 fully saturated rings. The fourth-order valence-electron chi connectivity index (χ4n) is 2.06. The van der Waals surface area contributed by atoms with E-state index >= 15 is 0 Å². The molecule has 1 saturated carbocycles. The first-order valence-corrected chi connectivity index (χ1v) is 5.98. The van der Waals surface area contributed by atoms with Gasteiger partial charge in [0, 0.05) is 18.8 Å². The van der Waals surface area contributed by atoms with Gasteiger partial charge in [-0.1, -0.05) is 0 Å². The van der Waals surface area contributed by atoms with Crippen LogP contribution in [0.4, 0.5) is 5.82 Å². The van der Waals surface area contributed by atoms with Crippen LogP contribution in [0, 0.1) is 18.3 Å². The Balaban J connectivity index is 1.97. The van der Waals surface area contributed by atoms with Crippen LogP contribution in [0.15, 0.2) is 12.3 Å². The lowest BCUT2D eigenvalue weighted by molar-refractivity contribution is 0.00292. The Kier molecular flexibility index (Phi) is 3.60. The molecule has 1 N–H and O–H groups in total. The van der Waals surface area contributed by atoms with E-state index < -0.39 is 0 Å². The maximum atomic E-state index is 9.08. The molecule has 0 radical (unpaired) electrons. The molecule has 0 aromatic carbocycles. The Morgan fingerprint density at radius 2 is 2.35 bits per heavy atom. The van der Waals surface area contributed by atoms with E-state index in [1.807, 2.05) is 19.9 Å². The van der Waals surface area contributed by atoms with Crippen molar-refractivity contribution in [2.45, 2.75) is 38.8 Å². The molecule has 4 heteroatoms. The van der Waals surface area contributed by atoms with Crippen molar-refractivity contribution < 1.29 is 4.74 Å². The van der Waals surface area contributed by atoms with E-state index in [9.17, 15) is 0 Å². The Labute approximate surface area is 102 Å².